The summed E-state index contributed by atoms with van der Waals surface area (Å²) in [6, 6.07) is 4.27. The molecule has 1 aliphatic rings. The Bertz CT molecular complexity index is 407. The van der Waals surface area contributed by atoms with E-state index in [0.717, 1.165) is 24.6 Å². The summed E-state index contributed by atoms with van der Waals surface area (Å²) in [7, 11) is 3.37. The van der Waals surface area contributed by atoms with Crippen molar-refractivity contribution in [2.24, 2.45) is 5.73 Å². The zero-order valence-corrected chi connectivity index (χ0v) is 10.7. The zero-order chi connectivity index (χ0) is 12.4. The number of nitrogens with zero attached hydrogens (tertiary/aromatic N) is 1. The van der Waals surface area contributed by atoms with Crippen molar-refractivity contribution in [3.8, 4) is 11.5 Å². The highest BCUT2D eigenvalue weighted by atomic mass is 16.5. The Hall–Kier alpha value is -1.26. The van der Waals surface area contributed by atoms with Crippen molar-refractivity contribution in [2.45, 2.75) is 19.5 Å². The highest BCUT2D eigenvalue weighted by Gasteiger charge is 2.31. The number of fused-ring (bicyclic) bond motifs is 1. The molecule has 1 aliphatic heterocycles. The molecule has 2 N–H and O–H groups in total. The first-order valence-electron chi connectivity index (χ1n) is 5.94. The first-order valence-corrected chi connectivity index (χ1v) is 5.94. The fourth-order valence-corrected chi connectivity index (χ4v) is 2.56. The molecular formula is C13H20N2O2. The first kappa shape index (κ1) is 12.2. The average Bonchev–Trinajstić information content (AvgIpc) is 2.74. The summed E-state index contributed by atoms with van der Waals surface area (Å²) in [5.41, 5.74) is 8.36. The third-order valence-electron chi connectivity index (χ3n) is 3.43. The highest BCUT2D eigenvalue weighted by Crippen LogP contribution is 2.41. The Labute approximate surface area is 102 Å². The van der Waals surface area contributed by atoms with E-state index in [-0.39, 0.29) is 6.04 Å². The number of hydrogen-bond acceptors (Lipinski definition) is 4. The molecule has 94 valence electrons. The van der Waals surface area contributed by atoms with Crippen LogP contribution in [-0.2, 0) is 6.54 Å². The van der Waals surface area contributed by atoms with E-state index < -0.39 is 0 Å². The van der Waals surface area contributed by atoms with Crippen LogP contribution in [-0.4, -0.2) is 32.2 Å². The van der Waals surface area contributed by atoms with Crippen molar-refractivity contribution >= 4 is 0 Å². The maximum atomic E-state index is 5.88. The van der Waals surface area contributed by atoms with E-state index >= 15 is 0 Å². The maximum Gasteiger partial charge on any atom is 0.127 e. The minimum absolute atomic E-state index is 0.260. The SMILES string of the molecule is CCN1Cc2cc(OC)cc(OC)c2C1CN. The second-order valence-corrected chi connectivity index (χ2v) is 4.22. The second-order valence-electron chi connectivity index (χ2n) is 4.22. The van der Waals surface area contributed by atoms with Gasteiger partial charge in [-0.2, -0.15) is 0 Å². The molecule has 0 saturated carbocycles. The number of hydrogen-bond donors (Lipinski definition) is 1. The zero-order valence-electron chi connectivity index (χ0n) is 10.7. The van der Waals surface area contributed by atoms with Crippen LogP contribution < -0.4 is 15.2 Å². The number of methoxy groups -OCH3 is 2. The van der Waals surface area contributed by atoms with Crippen LogP contribution in [0.15, 0.2) is 12.1 Å². The molecule has 1 heterocycles. The van der Waals surface area contributed by atoms with Crippen LogP contribution in [0.1, 0.15) is 24.1 Å². The Morgan fingerprint density at radius 2 is 2.12 bits per heavy atom. The van der Waals surface area contributed by atoms with Crippen LogP contribution in [0.5, 0.6) is 11.5 Å². The van der Waals surface area contributed by atoms with Crippen molar-refractivity contribution < 1.29 is 9.47 Å². The van der Waals surface area contributed by atoms with E-state index in [1.54, 1.807) is 14.2 Å². The monoisotopic (exact) mass is 236 g/mol. The third kappa shape index (κ3) is 1.98. The van der Waals surface area contributed by atoms with Gasteiger partial charge in [-0.15, -0.1) is 0 Å². The van der Waals surface area contributed by atoms with E-state index in [0.29, 0.717) is 6.54 Å². The Balaban J connectivity index is 2.48. The van der Waals surface area contributed by atoms with Gasteiger partial charge >= 0.3 is 0 Å². The molecule has 4 heteroatoms. The predicted molar refractivity (Wildman–Crippen MR) is 67.4 cm³/mol. The molecule has 1 unspecified atom stereocenters. The summed E-state index contributed by atoms with van der Waals surface area (Å²) >= 11 is 0. The fourth-order valence-electron chi connectivity index (χ4n) is 2.56. The molecule has 2 rings (SSSR count). The van der Waals surface area contributed by atoms with Gasteiger partial charge in [0.05, 0.1) is 20.3 Å². The molecule has 0 aromatic heterocycles. The Morgan fingerprint density at radius 3 is 2.65 bits per heavy atom. The minimum atomic E-state index is 0.260. The molecule has 0 spiro atoms. The fraction of sp³-hybridized carbons (Fsp3) is 0.538. The number of rotatable bonds is 4. The van der Waals surface area contributed by atoms with E-state index in [4.69, 9.17) is 15.2 Å². The number of likely N-dealkylation sites (N-methyl/N-ethyl adjacent to an activating group) is 1. The van der Waals surface area contributed by atoms with Gasteiger partial charge in [-0.1, -0.05) is 6.92 Å². The second kappa shape index (κ2) is 4.94. The van der Waals surface area contributed by atoms with Crippen molar-refractivity contribution in [2.75, 3.05) is 27.3 Å². The largest absolute Gasteiger partial charge is 0.497 e. The smallest absolute Gasteiger partial charge is 0.127 e. The average molecular weight is 236 g/mol. The van der Waals surface area contributed by atoms with Gasteiger partial charge in [-0.3, -0.25) is 4.90 Å². The molecule has 0 bridgehead atoms. The molecule has 4 nitrogen and oxygen atoms in total. The quantitative estimate of drug-likeness (QED) is 0.861. The van der Waals surface area contributed by atoms with Gasteiger partial charge in [0.2, 0.25) is 0 Å². The molecule has 0 saturated heterocycles. The summed E-state index contributed by atoms with van der Waals surface area (Å²) in [5, 5.41) is 0. The third-order valence-corrected chi connectivity index (χ3v) is 3.43. The topological polar surface area (TPSA) is 47.7 Å². The van der Waals surface area contributed by atoms with Crippen molar-refractivity contribution in [1.29, 1.82) is 0 Å². The van der Waals surface area contributed by atoms with Crippen LogP contribution in [0.25, 0.3) is 0 Å². The van der Waals surface area contributed by atoms with Crippen molar-refractivity contribution in [3.63, 3.8) is 0 Å². The lowest BCUT2D eigenvalue weighted by Crippen LogP contribution is -2.27. The number of ether oxygens (including phenoxy) is 2. The number of nitrogens with two attached hydrogens (primary N) is 1. The Morgan fingerprint density at radius 1 is 1.35 bits per heavy atom. The summed E-state index contributed by atoms with van der Waals surface area (Å²) in [6.45, 7) is 4.67. The van der Waals surface area contributed by atoms with Crippen LogP contribution in [0.2, 0.25) is 0 Å². The normalized spacial score (nSPS) is 19.2. The first-order chi connectivity index (χ1) is 8.24. The van der Waals surface area contributed by atoms with Gasteiger partial charge in [0.15, 0.2) is 0 Å². The summed E-state index contributed by atoms with van der Waals surface area (Å²) < 4.78 is 10.8. The van der Waals surface area contributed by atoms with Crippen LogP contribution in [0.3, 0.4) is 0 Å². The Kier molecular flexibility index (Phi) is 3.54. The lowest BCUT2D eigenvalue weighted by Gasteiger charge is -2.22. The van der Waals surface area contributed by atoms with Crippen molar-refractivity contribution in [1.82, 2.24) is 4.90 Å². The van der Waals surface area contributed by atoms with Gasteiger partial charge < -0.3 is 15.2 Å². The molecule has 0 aliphatic carbocycles. The molecule has 17 heavy (non-hydrogen) atoms. The minimum Gasteiger partial charge on any atom is -0.497 e. The van der Waals surface area contributed by atoms with Gasteiger partial charge in [-0.25, -0.2) is 0 Å². The summed E-state index contributed by atoms with van der Waals surface area (Å²) in [4.78, 5) is 2.35. The van der Waals surface area contributed by atoms with Gasteiger partial charge in [0.25, 0.3) is 0 Å². The van der Waals surface area contributed by atoms with Gasteiger partial charge in [0.1, 0.15) is 11.5 Å². The lowest BCUT2D eigenvalue weighted by atomic mass is 10.0. The summed E-state index contributed by atoms with van der Waals surface area (Å²) in [6.07, 6.45) is 0. The van der Waals surface area contributed by atoms with Gasteiger partial charge in [0, 0.05) is 24.7 Å². The molecule has 1 atom stereocenters. The van der Waals surface area contributed by atoms with Crippen molar-refractivity contribution in [3.05, 3.63) is 23.3 Å². The van der Waals surface area contributed by atoms with E-state index in [9.17, 15) is 0 Å². The standard InChI is InChI=1S/C13H20N2O2/c1-4-15-8-9-5-10(16-2)6-12(17-3)13(9)11(15)7-14/h5-6,11H,4,7-8,14H2,1-3H3. The molecule has 1 aromatic rings. The molecular weight excluding hydrogens is 216 g/mol. The van der Waals surface area contributed by atoms with Crippen LogP contribution >= 0.6 is 0 Å². The van der Waals surface area contributed by atoms with E-state index in [1.165, 1.54) is 11.1 Å². The van der Waals surface area contributed by atoms with E-state index in [2.05, 4.69) is 17.9 Å². The molecule has 0 fully saturated rings. The lowest BCUT2D eigenvalue weighted by molar-refractivity contribution is 0.229. The molecule has 0 radical (unpaired) electrons. The van der Waals surface area contributed by atoms with Crippen LogP contribution in [0.4, 0.5) is 0 Å². The number of benzene rings is 1. The highest BCUT2D eigenvalue weighted by molar-refractivity contribution is 5.50. The molecule has 1 aromatic carbocycles. The van der Waals surface area contributed by atoms with Gasteiger partial charge in [-0.05, 0) is 18.2 Å². The predicted octanol–water partition coefficient (Wildman–Crippen LogP) is 1.54. The maximum absolute atomic E-state index is 5.88. The van der Waals surface area contributed by atoms with E-state index in [1.807, 2.05) is 6.07 Å². The van der Waals surface area contributed by atoms with Crippen LogP contribution in [0, 0.1) is 0 Å². The summed E-state index contributed by atoms with van der Waals surface area (Å²) in [5.74, 6) is 1.72. The molecule has 0 amide bonds.